The van der Waals surface area contributed by atoms with Gasteiger partial charge in [0.15, 0.2) is 0 Å². The average molecular weight is 176 g/mol. The van der Waals surface area contributed by atoms with Crippen LogP contribution in [0.4, 0.5) is 0 Å². The smallest absolute Gasteiger partial charge is 0.141 e. The lowest BCUT2D eigenvalue weighted by Gasteiger charge is -2.00. The molecule has 13 heavy (non-hydrogen) atoms. The van der Waals surface area contributed by atoms with Crippen molar-refractivity contribution < 1.29 is 10.2 Å². The summed E-state index contributed by atoms with van der Waals surface area (Å²) in [6, 6.07) is 4.37. The Morgan fingerprint density at radius 1 is 1.23 bits per heavy atom. The molecular weight excluding hydrogens is 168 g/mol. The number of aromatic hydroxyl groups is 2. The molecular formula is C9H8N2O2. The van der Waals surface area contributed by atoms with Crippen molar-refractivity contribution in [2.75, 3.05) is 0 Å². The maximum atomic E-state index is 9.44. The van der Waals surface area contributed by atoms with Gasteiger partial charge in [-0.3, -0.25) is 0 Å². The molecule has 66 valence electrons. The van der Waals surface area contributed by atoms with Gasteiger partial charge in [-0.05, 0) is 12.1 Å². The number of benzene rings is 1. The van der Waals surface area contributed by atoms with Crippen molar-refractivity contribution in [2.24, 2.45) is 0 Å². The Morgan fingerprint density at radius 3 is 2.69 bits per heavy atom. The van der Waals surface area contributed by atoms with Crippen molar-refractivity contribution in [2.45, 2.75) is 0 Å². The molecule has 0 saturated heterocycles. The van der Waals surface area contributed by atoms with E-state index in [2.05, 4.69) is 9.97 Å². The van der Waals surface area contributed by atoms with Crippen LogP contribution in [0.15, 0.2) is 30.6 Å². The molecule has 1 aromatic carbocycles. The Morgan fingerprint density at radius 2 is 2.08 bits per heavy atom. The van der Waals surface area contributed by atoms with Crippen LogP contribution >= 0.6 is 0 Å². The summed E-state index contributed by atoms with van der Waals surface area (Å²) in [6.07, 6.45) is 3.27. The molecule has 0 saturated carbocycles. The maximum absolute atomic E-state index is 9.44. The highest BCUT2D eigenvalue weighted by Gasteiger charge is 2.05. The van der Waals surface area contributed by atoms with Crippen molar-refractivity contribution >= 4 is 0 Å². The van der Waals surface area contributed by atoms with Crippen molar-refractivity contribution in [1.29, 1.82) is 0 Å². The third-order valence-corrected chi connectivity index (χ3v) is 1.73. The molecule has 0 amide bonds. The highest BCUT2D eigenvalue weighted by Crippen LogP contribution is 2.29. The second-order valence-electron chi connectivity index (χ2n) is 2.64. The Hall–Kier alpha value is -1.97. The van der Waals surface area contributed by atoms with E-state index in [1.165, 1.54) is 12.1 Å². The summed E-state index contributed by atoms with van der Waals surface area (Å²) in [5.74, 6) is 0.625. The third kappa shape index (κ3) is 1.33. The predicted molar refractivity (Wildman–Crippen MR) is 47.4 cm³/mol. The van der Waals surface area contributed by atoms with E-state index < -0.39 is 0 Å². The number of hydrogen-bond donors (Lipinski definition) is 3. The highest BCUT2D eigenvalue weighted by molar-refractivity contribution is 5.64. The van der Waals surface area contributed by atoms with Crippen molar-refractivity contribution in [3.05, 3.63) is 30.6 Å². The molecule has 0 fully saturated rings. The third-order valence-electron chi connectivity index (χ3n) is 1.73. The molecule has 0 aliphatic rings. The van der Waals surface area contributed by atoms with Crippen LogP contribution in [0.25, 0.3) is 11.4 Å². The zero-order valence-electron chi connectivity index (χ0n) is 6.73. The van der Waals surface area contributed by atoms with Crippen LogP contribution < -0.4 is 0 Å². The number of phenols is 2. The monoisotopic (exact) mass is 176 g/mol. The molecule has 4 heteroatoms. The Kier molecular flexibility index (Phi) is 1.66. The van der Waals surface area contributed by atoms with Gasteiger partial charge in [0, 0.05) is 18.5 Å². The van der Waals surface area contributed by atoms with Gasteiger partial charge in [0.25, 0.3) is 0 Å². The van der Waals surface area contributed by atoms with Crippen LogP contribution in [0.1, 0.15) is 0 Å². The second-order valence-corrected chi connectivity index (χ2v) is 2.64. The number of rotatable bonds is 1. The van der Waals surface area contributed by atoms with Crippen LogP contribution in [0.2, 0.25) is 0 Å². The Labute approximate surface area is 74.5 Å². The first-order valence-electron chi connectivity index (χ1n) is 3.79. The van der Waals surface area contributed by atoms with Gasteiger partial charge in [0.2, 0.25) is 0 Å². The van der Waals surface area contributed by atoms with E-state index in [0.29, 0.717) is 11.4 Å². The normalized spacial score (nSPS) is 10.2. The van der Waals surface area contributed by atoms with Crippen molar-refractivity contribution in [1.82, 2.24) is 9.97 Å². The van der Waals surface area contributed by atoms with Crippen LogP contribution in [0.5, 0.6) is 11.5 Å². The lowest BCUT2D eigenvalue weighted by atomic mass is 10.2. The van der Waals surface area contributed by atoms with Gasteiger partial charge >= 0.3 is 0 Å². The summed E-state index contributed by atoms with van der Waals surface area (Å²) in [4.78, 5) is 6.84. The first-order valence-corrected chi connectivity index (χ1v) is 3.79. The van der Waals surface area contributed by atoms with E-state index in [-0.39, 0.29) is 11.5 Å². The minimum absolute atomic E-state index is 0.00921. The SMILES string of the molecule is Oc1ccc(-c2ncc[nH]2)c(O)c1. The zero-order valence-corrected chi connectivity index (χ0v) is 6.73. The number of hydrogen-bond acceptors (Lipinski definition) is 3. The molecule has 1 heterocycles. The van der Waals surface area contributed by atoms with Crippen molar-refractivity contribution in [3.63, 3.8) is 0 Å². The molecule has 4 nitrogen and oxygen atoms in total. The molecule has 0 aliphatic carbocycles. The van der Waals surface area contributed by atoms with E-state index in [1.807, 2.05) is 0 Å². The van der Waals surface area contributed by atoms with E-state index in [1.54, 1.807) is 18.5 Å². The minimum atomic E-state index is 0.00921. The Balaban J connectivity index is 2.53. The van der Waals surface area contributed by atoms with E-state index in [9.17, 15) is 5.11 Å². The lowest BCUT2D eigenvalue weighted by molar-refractivity contribution is 0.451. The number of phenolic OH excluding ortho intramolecular Hbond substituents is 2. The van der Waals surface area contributed by atoms with E-state index in [4.69, 9.17) is 5.11 Å². The first-order chi connectivity index (χ1) is 6.27. The van der Waals surface area contributed by atoms with E-state index >= 15 is 0 Å². The summed E-state index contributed by atoms with van der Waals surface area (Å²) in [6.45, 7) is 0. The molecule has 2 aromatic rings. The average Bonchev–Trinajstić information content (AvgIpc) is 2.56. The van der Waals surface area contributed by atoms with E-state index in [0.717, 1.165) is 0 Å². The van der Waals surface area contributed by atoms with Gasteiger partial charge in [-0.1, -0.05) is 0 Å². The van der Waals surface area contributed by atoms with Crippen LogP contribution in [0, 0.1) is 0 Å². The van der Waals surface area contributed by atoms with Gasteiger partial charge in [-0.2, -0.15) is 0 Å². The van der Waals surface area contributed by atoms with Gasteiger partial charge in [-0.25, -0.2) is 4.98 Å². The number of nitrogens with one attached hydrogen (secondary N) is 1. The molecule has 0 aliphatic heterocycles. The molecule has 0 unspecified atom stereocenters. The molecule has 0 radical (unpaired) electrons. The van der Waals surface area contributed by atoms with Gasteiger partial charge < -0.3 is 15.2 Å². The maximum Gasteiger partial charge on any atom is 0.141 e. The minimum Gasteiger partial charge on any atom is -0.508 e. The summed E-state index contributed by atoms with van der Waals surface area (Å²) in [5.41, 5.74) is 0.572. The number of aromatic nitrogens is 2. The highest BCUT2D eigenvalue weighted by atomic mass is 16.3. The van der Waals surface area contributed by atoms with Crippen LogP contribution in [0.3, 0.4) is 0 Å². The largest absolute Gasteiger partial charge is 0.508 e. The van der Waals surface area contributed by atoms with Crippen LogP contribution in [-0.4, -0.2) is 20.2 Å². The number of H-pyrrole nitrogens is 1. The molecule has 3 N–H and O–H groups in total. The van der Waals surface area contributed by atoms with Crippen molar-refractivity contribution in [3.8, 4) is 22.9 Å². The Bertz CT molecular complexity index is 410. The molecule has 0 atom stereocenters. The van der Waals surface area contributed by atoms with Crippen LogP contribution in [-0.2, 0) is 0 Å². The predicted octanol–water partition coefficient (Wildman–Crippen LogP) is 1.49. The first kappa shape index (κ1) is 7.67. The topological polar surface area (TPSA) is 69.1 Å². The molecule has 0 bridgehead atoms. The quantitative estimate of drug-likeness (QED) is 0.616. The molecule has 2 rings (SSSR count). The zero-order chi connectivity index (χ0) is 9.26. The number of nitrogens with zero attached hydrogens (tertiary/aromatic N) is 1. The van der Waals surface area contributed by atoms with Gasteiger partial charge in [0.05, 0.1) is 5.56 Å². The summed E-state index contributed by atoms with van der Waals surface area (Å²) in [5, 5.41) is 18.5. The standard InChI is InChI=1S/C9H8N2O2/c12-6-1-2-7(8(13)5-6)9-10-3-4-11-9/h1-5,12-13H,(H,10,11). The number of aromatic amines is 1. The summed E-state index contributed by atoms with van der Waals surface area (Å²) >= 11 is 0. The fourth-order valence-electron chi connectivity index (χ4n) is 1.13. The van der Waals surface area contributed by atoms with Gasteiger partial charge in [0.1, 0.15) is 17.3 Å². The number of imidazole rings is 1. The lowest BCUT2D eigenvalue weighted by Crippen LogP contribution is -1.80. The molecule has 0 spiro atoms. The summed E-state index contributed by atoms with van der Waals surface area (Å²) in [7, 11) is 0. The fourth-order valence-corrected chi connectivity index (χ4v) is 1.13. The summed E-state index contributed by atoms with van der Waals surface area (Å²) < 4.78 is 0. The second kappa shape index (κ2) is 2.82. The van der Waals surface area contributed by atoms with Gasteiger partial charge in [-0.15, -0.1) is 0 Å². The fraction of sp³-hybridized carbons (Fsp3) is 0. The molecule has 1 aromatic heterocycles.